The predicted molar refractivity (Wildman–Crippen MR) is 66.7 cm³/mol. The summed E-state index contributed by atoms with van der Waals surface area (Å²) in [5.41, 5.74) is 1.08. The molecule has 1 aromatic rings. The van der Waals surface area contributed by atoms with Crippen molar-refractivity contribution in [3.63, 3.8) is 0 Å². The molecule has 1 fully saturated rings. The first-order valence-electron chi connectivity index (χ1n) is 5.77. The van der Waals surface area contributed by atoms with Gasteiger partial charge >= 0.3 is 0 Å². The van der Waals surface area contributed by atoms with E-state index >= 15 is 0 Å². The molecule has 0 amide bonds. The molecule has 0 spiro atoms. The van der Waals surface area contributed by atoms with E-state index in [-0.39, 0.29) is 6.04 Å². The summed E-state index contributed by atoms with van der Waals surface area (Å²) >= 11 is 0. The van der Waals surface area contributed by atoms with Crippen molar-refractivity contribution in [1.29, 1.82) is 0 Å². The molecular weight excluding hydrogens is 220 g/mol. The number of pyridine rings is 1. The minimum atomic E-state index is -0.576. The first-order chi connectivity index (χ1) is 7.75. The first-order valence-corrected chi connectivity index (χ1v) is 7.26. The average molecular weight is 238 g/mol. The molecule has 0 saturated carbocycles. The third-order valence-corrected chi connectivity index (χ3v) is 4.39. The molecule has 0 bridgehead atoms. The fourth-order valence-electron chi connectivity index (χ4n) is 2.03. The SMILES string of the molecule is CC(NC1CCS(=O)CC1)c1ccccn1. The molecule has 1 aliphatic heterocycles. The molecule has 3 nitrogen and oxygen atoms in total. The van der Waals surface area contributed by atoms with Crippen LogP contribution in [0.15, 0.2) is 24.4 Å². The summed E-state index contributed by atoms with van der Waals surface area (Å²) in [7, 11) is -0.576. The van der Waals surface area contributed by atoms with E-state index < -0.39 is 10.8 Å². The van der Waals surface area contributed by atoms with Crippen LogP contribution in [0.5, 0.6) is 0 Å². The molecule has 88 valence electrons. The van der Waals surface area contributed by atoms with Crippen LogP contribution >= 0.6 is 0 Å². The highest BCUT2D eigenvalue weighted by atomic mass is 32.2. The third-order valence-electron chi connectivity index (χ3n) is 3.01. The van der Waals surface area contributed by atoms with E-state index in [0.29, 0.717) is 6.04 Å². The van der Waals surface area contributed by atoms with Crippen LogP contribution in [0, 0.1) is 0 Å². The average Bonchev–Trinajstić information content (AvgIpc) is 2.33. The Morgan fingerprint density at radius 1 is 1.44 bits per heavy atom. The monoisotopic (exact) mass is 238 g/mol. The second-order valence-electron chi connectivity index (χ2n) is 4.27. The van der Waals surface area contributed by atoms with Gasteiger partial charge in [-0.15, -0.1) is 0 Å². The molecule has 1 aliphatic rings. The maximum atomic E-state index is 11.2. The Morgan fingerprint density at radius 3 is 2.81 bits per heavy atom. The minimum Gasteiger partial charge on any atom is -0.306 e. The molecule has 1 N–H and O–H groups in total. The maximum absolute atomic E-state index is 11.2. The molecule has 0 aliphatic carbocycles. The lowest BCUT2D eigenvalue weighted by molar-refractivity contribution is 0.422. The van der Waals surface area contributed by atoms with Crippen molar-refractivity contribution < 1.29 is 4.21 Å². The van der Waals surface area contributed by atoms with Gasteiger partial charge in [-0.3, -0.25) is 9.19 Å². The van der Waals surface area contributed by atoms with Crippen LogP contribution in [0.3, 0.4) is 0 Å². The van der Waals surface area contributed by atoms with Crippen LogP contribution in [0.1, 0.15) is 31.5 Å². The van der Waals surface area contributed by atoms with Crippen molar-refractivity contribution in [3.05, 3.63) is 30.1 Å². The van der Waals surface area contributed by atoms with Crippen molar-refractivity contribution in [1.82, 2.24) is 10.3 Å². The van der Waals surface area contributed by atoms with E-state index in [4.69, 9.17) is 0 Å². The Hall–Kier alpha value is -0.740. The zero-order chi connectivity index (χ0) is 11.4. The van der Waals surface area contributed by atoms with Crippen LogP contribution in [-0.2, 0) is 10.8 Å². The van der Waals surface area contributed by atoms with Gasteiger partial charge in [0.2, 0.25) is 0 Å². The summed E-state index contributed by atoms with van der Waals surface area (Å²) in [5.74, 6) is 1.68. The normalized spacial score (nSPS) is 27.6. The molecule has 1 unspecified atom stereocenters. The van der Waals surface area contributed by atoms with Gasteiger partial charge in [0.1, 0.15) is 0 Å². The lowest BCUT2D eigenvalue weighted by Gasteiger charge is -2.26. The fourth-order valence-corrected chi connectivity index (χ4v) is 3.33. The highest BCUT2D eigenvalue weighted by Crippen LogP contribution is 2.15. The summed E-state index contributed by atoms with van der Waals surface area (Å²) in [6.45, 7) is 2.13. The standard InChI is InChI=1S/C12H18N2OS/c1-10(12-4-2-3-7-13-12)14-11-5-8-16(15)9-6-11/h2-4,7,10-11,14H,5-6,8-9H2,1H3. The summed E-state index contributed by atoms with van der Waals surface area (Å²) in [5, 5.41) is 3.56. The van der Waals surface area contributed by atoms with Crippen LogP contribution in [0.2, 0.25) is 0 Å². The molecular formula is C12H18N2OS. The van der Waals surface area contributed by atoms with Crippen molar-refractivity contribution in [2.45, 2.75) is 31.8 Å². The van der Waals surface area contributed by atoms with Gasteiger partial charge in [0.05, 0.1) is 5.69 Å². The van der Waals surface area contributed by atoms with Gasteiger partial charge in [0, 0.05) is 40.6 Å². The number of hydrogen-bond donors (Lipinski definition) is 1. The van der Waals surface area contributed by atoms with Crippen molar-refractivity contribution in [2.24, 2.45) is 0 Å². The van der Waals surface area contributed by atoms with Gasteiger partial charge in [-0.05, 0) is 31.9 Å². The zero-order valence-electron chi connectivity index (χ0n) is 9.56. The molecule has 1 atom stereocenters. The van der Waals surface area contributed by atoms with Crippen molar-refractivity contribution in [3.8, 4) is 0 Å². The van der Waals surface area contributed by atoms with Gasteiger partial charge < -0.3 is 5.32 Å². The Morgan fingerprint density at radius 2 is 2.19 bits per heavy atom. The Balaban J connectivity index is 1.88. The second kappa shape index (κ2) is 5.55. The number of rotatable bonds is 3. The largest absolute Gasteiger partial charge is 0.306 e. The lowest BCUT2D eigenvalue weighted by Crippen LogP contribution is -2.37. The van der Waals surface area contributed by atoms with E-state index in [1.54, 1.807) is 0 Å². The summed E-state index contributed by atoms with van der Waals surface area (Å²) in [4.78, 5) is 4.34. The van der Waals surface area contributed by atoms with Crippen LogP contribution < -0.4 is 5.32 Å². The number of aromatic nitrogens is 1. The van der Waals surface area contributed by atoms with Gasteiger partial charge in [-0.25, -0.2) is 0 Å². The molecule has 2 heterocycles. The number of hydrogen-bond acceptors (Lipinski definition) is 3. The van der Waals surface area contributed by atoms with Gasteiger partial charge in [0.25, 0.3) is 0 Å². The quantitative estimate of drug-likeness (QED) is 0.870. The van der Waals surface area contributed by atoms with Crippen LogP contribution in [0.25, 0.3) is 0 Å². The van der Waals surface area contributed by atoms with E-state index in [1.165, 1.54) is 0 Å². The summed E-state index contributed by atoms with van der Waals surface area (Å²) < 4.78 is 11.2. The van der Waals surface area contributed by atoms with Crippen molar-refractivity contribution in [2.75, 3.05) is 11.5 Å². The molecule has 0 radical (unpaired) electrons. The molecule has 4 heteroatoms. The zero-order valence-corrected chi connectivity index (χ0v) is 10.4. The molecule has 1 saturated heterocycles. The second-order valence-corrected chi connectivity index (χ2v) is 5.96. The first kappa shape index (κ1) is 11.7. The van der Waals surface area contributed by atoms with Gasteiger partial charge in [0.15, 0.2) is 0 Å². The highest BCUT2D eigenvalue weighted by Gasteiger charge is 2.19. The van der Waals surface area contributed by atoms with Crippen molar-refractivity contribution >= 4 is 10.8 Å². The molecule has 16 heavy (non-hydrogen) atoms. The van der Waals surface area contributed by atoms with Gasteiger partial charge in [-0.2, -0.15) is 0 Å². The maximum Gasteiger partial charge on any atom is 0.0570 e. The highest BCUT2D eigenvalue weighted by molar-refractivity contribution is 7.85. The Labute approximate surface area is 99.1 Å². The van der Waals surface area contributed by atoms with E-state index in [1.807, 2.05) is 24.4 Å². The molecule has 1 aromatic heterocycles. The lowest BCUT2D eigenvalue weighted by atomic mass is 10.1. The Bertz CT molecular complexity index is 345. The molecule has 2 rings (SSSR count). The molecule has 0 aromatic carbocycles. The van der Waals surface area contributed by atoms with E-state index in [2.05, 4.69) is 17.2 Å². The number of nitrogens with one attached hydrogen (secondary N) is 1. The predicted octanol–water partition coefficient (Wildman–Crippen LogP) is 1.64. The third kappa shape index (κ3) is 3.12. The number of nitrogens with zero attached hydrogens (tertiary/aromatic N) is 1. The fraction of sp³-hybridized carbons (Fsp3) is 0.583. The van der Waals surface area contributed by atoms with Gasteiger partial charge in [-0.1, -0.05) is 6.07 Å². The van der Waals surface area contributed by atoms with Crippen LogP contribution in [0.4, 0.5) is 0 Å². The van der Waals surface area contributed by atoms with E-state index in [9.17, 15) is 4.21 Å². The topological polar surface area (TPSA) is 42.0 Å². The summed E-state index contributed by atoms with van der Waals surface area (Å²) in [6, 6.07) is 6.75. The van der Waals surface area contributed by atoms with Crippen LogP contribution in [-0.4, -0.2) is 26.7 Å². The summed E-state index contributed by atoms with van der Waals surface area (Å²) in [6.07, 6.45) is 3.86. The Kier molecular flexibility index (Phi) is 4.07. The van der Waals surface area contributed by atoms with E-state index in [0.717, 1.165) is 30.0 Å². The minimum absolute atomic E-state index is 0.276. The smallest absolute Gasteiger partial charge is 0.0570 e.